The quantitative estimate of drug-likeness (QED) is 0.421. The van der Waals surface area contributed by atoms with Gasteiger partial charge in [0.15, 0.2) is 0 Å². The van der Waals surface area contributed by atoms with Crippen LogP contribution in [-0.2, 0) is 9.53 Å². The average Bonchev–Trinajstić information content (AvgIpc) is 1.59. The van der Waals surface area contributed by atoms with Gasteiger partial charge in [0.2, 0.25) is 0 Å². The van der Waals surface area contributed by atoms with Gasteiger partial charge >= 0.3 is 5.97 Å². The third-order valence-corrected chi connectivity index (χ3v) is 0.808. The Balaban J connectivity index is 3.58. The molecule has 60 valence electrons. The number of carbonyl (C=O) groups excluding carboxylic acids is 1. The van der Waals surface area contributed by atoms with Gasteiger partial charge in [-0.25, -0.2) is 0 Å². The number of aliphatic hydroxyl groups is 1. The summed E-state index contributed by atoms with van der Waals surface area (Å²) in [6.45, 7) is 3.36. The maximum atomic E-state index is 10.6. The lowest BCUT2D eigenvalue weighted by Gasteiger charge is -2.14. The first-order valence-corrected chi connectivity index (χ1v) is 3.12. The smallest absolute Gasteiger partial charge is 0.310 e. The lowest BCUT2D eigenvalue weighted by molar-refractivity contribution is -0.147. The molecule has 0 aliphatic heterocycles. The Bertz CT molecular complexity index is 117. The van der Waals surface area contributed by atoms with E-state index < -0.39 is 11.7 Å². The summed E-state index contributed by atoms with van der Waals surface area (Å²) in [5.74, 6) is -0.477. The summed E-state index contributed by atoms with van der Waals surface area (Å²) in [5.41, 5.74) is 3.67. The number of nitrogens with two attached hydrogens (primary N) is 1. The number of carbonyl (C=O) groups is 1. The van der Waals surface area contributed by atoms with Crippen molar-refractivity contribution in [3.63, 3.8) is 0 Å². The molecule has 0 saturated heterocycles. The maximum absolute atomic E-state index is 10.6. The van der Waals surface area contributed by atoms with E-state index in [9.17, 15) is 4.79 Å². The van der Waals surface area contributed by atoms with Crippen LogP contribution >= 0.6 is 0 Å². The molecule has 0 amide bonds. The van der Waals surface area contributed by atoms with Gasteiger partial charge in [-0.3, -0.25) is 4.79 Å². The van der Waals surface area contributed by atoms with Crippen molar-refractivity contribution in [1.82, 2.24) is 0 Å². The second kappa shape index (κ2) is 3.53. The molecule has 0 aromatic heterocycles. The number of esters is 1. The zero-order valence-electron chi connectivity index (χ0n) is 6.26. The molecule has 0 bridgehead atoms. The second-order valence-corrected chi connectivity index (χ2v) is 2.34. The second-order valence-electron chi connectivity index (χ2n) is 2.34. The molecule has 0 aromatic rings. The van der Waals surface area contributed by atoms with E-state index in [1.807, 2.05) is 0 Å². The van der Waals surface area contributed by atoms with Crippen molar-refractivity contribution >= 4 is 5.97 Å². The summed E-state index contributed by atoms with van der Waals surface area (Å²) in [6.07, 6.45) is -0.166. The van der Waals surface area contributed by atoms with E-state index in [4.69, 9.17) is 10.8 Å². The summed E-state index contributed by atoms with van der Waals surface area (Å²) in [5, 5.41) is 8.89. The average molecular weight is 147 g/mol. The Morgan fingerprint density at radius 3 is 2.60 bits per heavy atom. The zero-order chi connectivity index (χ0) is 8.20. The van der Waals surface area contributed by atoms with Crippen LogP contribution in [0, 0.1) is 0 Å². The summed E-state index contributed by atoms with van der Waals surface area (Å²) < 4.78 is 4.54. The van der Waals surface area contributed by atoms with E-state index >= 15 is 0 Å². The minimum atomic E-state index is -1.45. The van der Waals surface area contributed by atoms with Crippen LogP contribution in [-0.4, -0.2) is 23.4 Å². The van der Waals surface area contributed by atoms with Crippen molar-refractivity contribution in [1.29, 1.82) is 0 Å². The van der Waals surface area contributed by atoms with Crippen LogP contribution < -0.4 is 5.73 Å². The van der Waals surface area contributed by atoms with Gasteiger partial charge in [0, 0.05) is 0 Å². The summed E-state index contributed by atoms with van der Waals surface area (Å²) in [7, 11) is 0. The zero-order valence-corrected chi connectivity index (χ0v) is 6.26. The van der Waals surface area contributed by atoms with Crippen LogP contribution in [0.1, 0.15) is 20.3 Å². The predicted molar refractivity (Wildman–Crippen MR) is 36.1 cm³/mol. The molecule has 1 unspecified atom stereocenters. The van der Waals surface area contributed by atoms with Gasteiger partial charge in [-0.05, 0) is 13.8 Å². The SMILES string of the molecule is CCOC(=O)CC(C)(N)O. The summed E-state index contributed by atoms with van der Waals surface area (Å²) in [4.78, 5) is 10.6. The molecular formula is C6H13NO3. The molecule has 3 N–H and O–H groups in total. The van der Waals surface area contributed by atoms with Gasteiger partial charge in [0.25, 0.3) is 0 Å². The van der Waals surface area contributed by atoms with Crippen molar-refractivity contribution in [2.24, 2.45) is 5.73 Å². The van der Waals surface area contributed by atoms with Crippen LogP contribution in [0.25, 0.3) is 0 Å². The molecule has 10 heavy (non-hydrogen) atoms. The number of hydrogen-bond acceptors (Lipinski definition) is 4. The van der Waals surface area contributed by atoms with E-state index in [2.05, 4.69) is 4.74 Å². The molecule has 0 aliphatic carbocycles. The van der Waals surface area contributed by atoms with E-state index in [1.54, 1.807) is 6.92 Å². The molecule has 0 saturated carbocycles. The van der Waals surface area contributed by atoms with Gasteiger partial charge in [-0.15, -0.1) is 0 Å². The fraction of sp³-hybridized carbons (Fsp3) is 0.833. The van der Waals surface area contributed by atoms with Crippen molar-refractivity contribution in [3.8, 4) is 0 Å². The summed E-state index contributed by atoms with van der Waals surface area (Å²) >= 11 is 0. The normalized spacial score (nSPS) is 16.0. The number of rotatable bonds is 3. The molecule has 4 heteroatoms. The Kier molecular flexibility index (Phi) is 3.32. The van der Waals surface area contributed by atoms with E-state index in [0.29, 0.717) is 6.61 Å². The fourth-order valence-electron chi connectivity index (χ4n) is 0.504. The first-order valence-electron chi connectivity index (χ1n) is 3.12. The Hall–Kier alpha value is -0.610. The molecule has 4 nitrogen and oxygen atoms in total. The van der Waals surface area contributed by atoms with Crippen LogP contribution in [0.2, 0.25) is 0 Å². The van der Waals surface area contributed by atoms with Crippen molar-refractivity contribution in [2.75, 3.05) is 6.61 Å². The van der Waals surface area contributed by atoms with E-state index in [0.717, 1.165) is 0 Å². The molecule has 0 rings (SSSR count). The highest BCUT2D eigenvalue weighted by molar-refractivity contribution is 5.70. The predicted octanol–water partition coefficient (Wildman–Crippen LogP) is -0.393. The molecule has 0 radical (unpaired) electrons. The Labute approximate surface area is 60.0 Å². The van der Waals surface area contributed by atoms with Crippen LogP contribution in [0.15, 0.2) is 0 Å². The lowest BCUT2D eigenvalue weighted by Crippen LogP contribution is -2.38. The highest BCUT2D eigenvalue weighted by Gasteiger charge is 2.18. The highest BCUT2D eigenvalue weighted by Crippen LogP contribution is 2.00. The van der Waals surface area contributed by atoms with E-state index in [1.165, 1.54) is 6.92 Å². The van der Waals surface area contributed by atoms with Gasteiger partial charge in [-0.1, -0.05) is 0 Å². The number of hydrogen-bond donors (Lipinski definition) is 2. The van der Waals surface area contributed by atoms with Gasteiger partial charge in [0.05, 0.1) is 13.0 Å². The van der Waals surface area contributed by atoms with Gasteiger partial charge < -0.3 is 15.6 Å². The minimum Gasteiger partial charge on any atom is -0.466 e. The first kappa shape index (κ1) is 9.39. The topological polar surface area (TPSA) is 72.5 Å². The monoisotopic (exact) mass is 147 g/mol. The minimum absolute atomic E-state index is 0.166. The van der Waals surface area contributed by atoms with Gasteiger partial charge in [-0.2, -0.15) is 0 Å². The van der Waals surface area contributed by atoms with Crippen molar-refractivity contribution in [2.45, 2.75) is 26.0 Å². The van der Waals surface area contributed by atoms with E-state index in [-0.39, 0.29) is 6.42 Å². The van der Waals surface area contributed by atoms with Crippen molar-refractivity contribution < 1.29 is 14.6 Å². The number of ether oxygens (including phenoxy) is 1. The Morgan fingerprint density at radius 2 is 2.30 bits per heavy atom. The maximum Gasteiger partial charge on any atom is 0.310 e. The first-order chi connectivity index (χ1) is 4.45. The van der Waals surface area contributed by atoms with Crippen LogP contribution in [0.5, 0.6) is 0 Å². The Morgan fingerprint density at radius 1 is 1.80 bits per heavy atom. The lowest BCUT2D eigenvalue weighted by atomic mass is 10.2. The largest absolute Gasteiger partial charge is 0.466 e. The molecule has 0 aliphatic rings. The summed E-state index contributed by atoms with van der Waals surface area (Å²) in [6, 6.07) is 0. The van der Waals surface area contributed by atoms with Gasteiger partial charge in [0.1, 0.15) is 5.72 Å². The van der Waals surface area contributed by atoms with Crippen molar-refractivity contribution in [3.05, 3.63) is 0 Å². The molecule has 0 heterocycles. The molecule has 0 fully saturated rings. The molecule has 0 spiro atoms. The van der Waals surface area contributed by atoms with Crippen LogP contribution in [0.3, 0.4) is 0 Å². The third-order valence-electron chi connectivity index (χ3n) is 0.808. The fourth-order valence-corrected chi connectivity index (χ4v) is 0.504. The third kappa shape index (κ3) is 5.53. The molecule has 1 atom stereocenters. The van der Waals surface area contributed by atoms with Crippen LogP contribution in [0.4, 0.5) is 0 Å². The molecular weight excluding hydrogens is 134 g/mol. The standard InChI is InChI=1S/C6H13NO3/c1-3-10-5(8)4-6(2,7)9/h9H,3-4,7H2,1-2H3. The molecule has 0 aromatic carbocycles. The highest BCUT2D eigenvalue weighted by atomic mass is 16.5.